The van der Waals surface area contributed by atoms with E-state index in [-0.39, 0.29) is 44.0 Å². The molecule has 186 valence electrons. The number of nitrogens with one attached hydrogen (secondary N) is 1. The molecular weight excluding hydrogens is 448 g/mol. The van der Waals surface area contributed by atoms with Crippen molar-refractivity contribution < 1.29 is 29.0 Å². The first-order chi connectivity index (χ1) is 17.0. The van der Waals surface area contributed by atoms with Gasteiger partial charge in [0.1, 0.15) is 13.2 Å². The van der Waals surface area contributed by atoms with Crippen LogP contribution in [0.5, 0.6) is 0 Å². The molecule has 35 heavy (non-hydrogen) atoms. The molecule has 1 unspecified atom stereocenters. The standard InChI is InChI=1S/C27H32N2O6/c1-34-14-13-29(16-25(30)31)26(32)23(18-7-6-8-18)15-28-27(33)35-17-24-21-11-4-2-9-19(21)20-10-3-5-12-22(20)24/h2-5,9-12,18,23-24H,6-8,13-17H2,1H3,(H,28,33)(H,30,31). The van der Waals surface area contributed by atoms with Gasteiger partial charge in [-0.2, -0.15) is 0 Å². The Bertz CT molecular complexity index is 1020. The van der Waals surface area contributed by atoms with Crippen molar-refractivity contribution in [2.45, 2.75) is 25.2 Å². The predicted molar refractivity (Wildman–Crippen MR) is 130 cm³/mol. The fourth-order valence-corrected chi connectivity index (χ4v) is 5.01. The molecule has 1 saturated carbocycles. The number of fused-ring (bicyclic) bond motifs is 3. The van der Waals surface area contributed by atoms with E-state index in [0.717, 1.165) is 41.5 Å². The van der Waals surface area contributed by atoms with Crippen molar-refractivity contribution >= 4 is 18.0 Å². The van der Waals surface area contributed by atoms with Crippen LogP contribution in [0.1, 0.15) is 36.3 Å². The lowest BCUT2D eigenvalue weighted by Gasteiger charge is -2.35. The van der Waals surface area contributed by atoms with Crippen LogP contribution in [0.4, 0.5) is 4.79 Å². The van der Waals surface area contributed by atoms with Gasteiger partial charge in [-0.1, -0.05) is 55.0 Å². The number of ether oxygens (including phenoxy) is 2. The van der Waals surface area contributed by atoms with E-state index in [2.05, 4.69) is 29.6 Å². The maximum absolute atomic E-state index is 13.2. The van der Waals surface area contributed by atoms with Crippen molar-refractivity contribution in [3.8, 4) is 11.1 Å². The second kappa shape index (κ2) is 11.4. The van der Waals surface area contributed by atoms with E-state index in [1.165, 1.54) is 12.0 Å². The molecule has 8 heteroatoms. The van der Waals surface area contributed by atoms with Gasteiger partial charge in [0.25, 0.3) is 0 Å². The first-order valence-corrected chi connectivity index (χ1v) is 12.1. The van der Waals surface area contributed by atoms with Crippen molar-refractivity contribution in [2.75, 3.05) is 40.0 Å². The normalized spacial score (nSPS) is 15.5. The fourth-order valence-electron chi connectivity index (χ4n) is 5.01. The Kier molecular flexibility index (Phi) is 8.02. The highest BCUT2D eigenvalue weighted by Crippen LogP contribution is 2.44. The second-order valence-electron chi connectivity index (χ2n) is 9.15. The zero-order valence-electron chi connectivity index (χ0n) is 19.9. The molecule has 2 amide bonds. The number of carbonyl (C=O) groups excluding carboxylic acids is 2. The van der Waals surface area contributed by atoms with Crippen LogP contribution in [0.25, 0.3) is 11.1 Å². The molecule has 1 atom stereocenters. The summed E-state index contributed by atoms with van der Waals surface area (Å²) in [4.78, 5) is 38.4. The van der Waals surface area contributed by atoms with Crippen molar-refractivity contribution in [2.24, 2.45) is 11.8 Å². The minimum absolute atomic E-state index is 0.0442. The van der Waals surface area contributed by atoms with Gasteiger partial charge in [0, 0.05) is 26.1 Å². The molecule has 0 spiro atoms. The third kappa shape index (κ3) is 5.65. The number of rotatable bonds is 11. The second-order valence-corrected chi connectivity index (χ2v) is 9.15. The molecule has 0 aliphatic heterocycles. The minimum Gasteiger partial charge on any atom is -0.480 e. The van der Waals surface area contributed by atoms with Crippen LogP contribution in [-0.4, -0.2) is 67.9 Å². The summed E-state index contributed by atoms with van der Waals surface area (Å²) in [5, 5.41) is 12.0. The summed E-state index contributed by atoms with van der Waals surface area (Å²) in [6.07, 6.45) is 2.21. The zero-order chi connectivity index (χ0) is 24.8. The number of alkyl carbamates (subject to hydrolysis) is 1. The summed E-state index contributed by atoms with van der Waals surface area (Å²) in [6, 6.07) is 16.3. The Labute approximate surface area is 205 Å². The van der Waals surface area contributed by atoms with Gasteiger partial charge in [0.2, 0.25) is 5.91 Å². The van der Waals surface area contributed by atoms with Gasteiger partial charge in [0.15, 0.2) is 0 Å². The Morgan fingerprint density at radius 3 is 2.23 bits per heavy atom. The number of nitrogens with zero attached hydrogens (tertiary/aromatic N) is 1. The summed E-state index contributed by atoms with van der Waals surface area (Å²) in [5.41, 5.74) is 4.57. The van der Waals surface area contributed by atoms with E-state index in [0.29, 0.717) is 0 Å². The van der Waals surface area contributed by atoms with Crippen LogP contribution in [0.15, 0.2) is 48.5 Å². The molecule has 8 nitrogen and oxygen atoms in total. The lowest BCUT2D eigenvalue weighted by molar-refractivity contribution is -0.148. The molecule has 0 radical (unpaired) electrons. The molecule has 0 bridgehead atoms. The topological polar surface area (TPSA) is 105 Å². The maximum Gasteiger partial charge on any atom is 0.407 e. The average molecular weight is 481 g/mol. The zero-order valence-corrected chi connectivity index (χ0v) is 19.9. The van der Waals surface area contributed by atoms with Crippen LogP contribution >= 0.6 is 0 Å². The van der Waals surface area contributed by atoms with E-state index in [9.17, 15) is 19.5 Å². The molecular formula is C27H32N2O6. The molecule has 0 heterocycles. The number of benzene rings is 2. The monoisotopic (exact) mass is 480 g/mol. The largest absolute Gasteiger partial charge is 0.480 e. The maximum atomic E-state index is 13.2. The summed E-state index contributed by atoms with van der Waals surface area (Å²) < 4.78 is 10.6. The van der Waals surface area contributed by atoms with Gasteiger partial charge in [-0.15, -0.1) is 0 Å². The molecule has 2 aromatic carbocycles. The van der Waals surface area contributed by atoms with Gasteiger partial charge >= 0.3 is 12.1 Å². The number of carboxylic acids is 1. The van der Waals surface area contributed by atoms with Crippen molar-refractivity contribution in [3.63, 3.8) is 0 Å². The number of aliphatic carboxylic acids is 1. The Hall–Kier alpha value is -3.39. The van der Waals surface area contributed by atoms with E-state index in [4.69, 9.17) is 9.47 Å². The highest BCUT2D eigenvalue weighted by atomic mass is 16.5. The molecule has 2 aromatic rings. The molecule has 4 rings (SSSR count). The van der Waals surface area contributed by atoms with Crippen LogP contribution in [0.2, 0.25) is 0 Å². The van der Waals surface area contributed by atoms with Gasteiger partial charge in [-0.3, -0.25) is 9.59 Å². The molecule has 2 aliphatic rings. The third-order valence-electron chi connectivity index (χ3n) is 7.05. The summed E-state index contributed by atoms with van der Waals surface area (Å²) in [5.74, 6) is -1.76. The molecule has 2 N–H and O–H groups in total. The van der Waals surface area contributed by atoms with E-state index >= 15 is 0 Å². The molecule has 0 aromatic heterocycles. The van der Waals surface area contributed by atoms with Gasteiger partial charge in [-0.25, -0.2) is 4.79 Å². The van der Waals surface area contributed by atoms with Gasteiger partial charge in [0.05, 0.1) is 12.5 Å². The summed E-state index contributed by atoms with van der Waals surface area (Å²) >= 11 is 0. The average Bonchev–Trinajstić information content (AvgIpc) is 3.15. The lowest BCUT2D eigenvalue weighted by atomic mass is 9.75. The van der Waals surface area contributed by atoms with E-state index < -0.39 is 24.5 Å². The highest BCUT2D eigenvalue weighted by Gasteiger charge is 2.36. The SMILES string of the molecule is COCCN(CC(=O)O)C(=O)C(CNC(=O)OCC1c2ccccc2-c2ccccc21)C1CCC1. The number of carboxylic acid groups (broad SMARTS) is 1. The third-order valence-corrected chi connectivity index (χ3v) is 7.05. The Balaban J connectivity index is 1.37. The summed E-state index contributed by atoms with van der Waals surface area (Å²) in [7, 11) is 1.51. The number of amides is 2. The Morgan fingerprint density at radius 2 is 1.69 bits per heavy atom. The predicted octanol–water partition coefficient (Wildman–Crippen LogP) is 3.50. The minimum atomic E-state index is -1.08. The van der Waals surface area contributed by atoms with Gasteiger partial charge in [-0.05, 0) is 41.0 Å². The smallest absolute Gasteiger partial charge is 0.407 e. The molecule has 1 fully saturated rings. The number of hydrogen-bond acceptors (Lipinski definition) is 5. The van der Waals surface area contributed by atoms with Crippen LogP contribution in [0.3, 0.4) is 0 Å². The van der Waals surface area contributed by atoms with Gasteiger partial charge < -0.3 is 24.8 Å². The quantitative estimate of drug-likeness (QED) is 0.510. The highest BCUT2D eigenvalue weighted by molar-refractivity contribution is 5.84. The van der Waals surface area contributed by atoms with Crippen LogP contribution in [-0.2, 0) is 19.1 Å². The number of hydrogen-bond donors (Lipinski definition) is 2. The van der Waals surface area contributed by atoms with Crippen LogP contribution < -0.4 is 5.32 Å². The van der Waals surface area contributed by atoms with Crippen molar-refractivity contribution in [1.29, 1.82) is 0 Å². The molecule has 0 saturated heterocycles. The number of methoxy groups -OCH3 is 1. The van der Waals surface area contributed by atoms with Crippen LogP contribution in [0, 0.1) is 11.8 Å². The summed E-state index contributed by atoms with van der Waals surface area (Å²) in [6.45, 7) is 0.354. The van der Waals surface area contributed by atoms with Crippen molar-refractivity contribution in [3.05, 3.63) is 59.7 Å². The Morgan fingerprint density at radius 1 is 1.06 bits per heavy atom. The molecule has 2 aliphatic carbocycles. The van der Waals surface area contributed by atoms with E-state index in [1.54, 1.807) is 0 Å². The lowest BCUT2D eigenvalue weighted by Crippen LogP contribution is -2.48. The fraction of sp³-hybridized carbons (Fsp3) is 0.444. The first kappa shape index (κ1) is 24.7. The van der Waals surface area contributed by atoms with Crippen molar-refractivity contribution in [1.82, 2.24) is 10.2 Å². The van der Waals surface area contributed by atoms with E-state index in [1.807, 2.05) is 24.3 Å². The number of carbonyl (C=O) groups is 3. The first-order valence-electron chi connectivity index (χ1n) is 12.1.